The minimum absolute atomic E-state index is 0.122. The number of benzene rings is 1. The van der Waals surface area contributed by atoms with E-state index in [-0.39, 0.29) is 23.8 Å². The molecule has 1 aromatic carbocycles. The average Bonchev–Trinajstić information content (AvgIpc) is 3.14. The summed E-state index contributed by atoms with van der Waals surface area (Å²) in [5, 5.41) is 0. The molecule has 3 rings (SSSR count). The zero-order valence-electron chi connectivity index (χ0n) is 14.1. The van der Waals surface area contributed by atoms with Crippen LogP contribution in [0.25, 0.3) is 0 Å². The molecule has 0 N–H and O–H groups in total. The molecule has 1 heterocycles. The average molecular weight is 314 g/mol. The third-order valence-corrected chi connectivity index (χ3v) is 5.16. The smallest absolute Gasteiger partial charge is 0.228 e. The van der Waals surface area contributed by atoms with Crippen LogP contribution in [0.1, 0.15) is 37.8 Å². The Kier molecular flexibility index (Phi) is 4.69. The molecule has 4 heteroatoms. The lowest BCUT2D eigenvalue weighted by Gasteiger charge is -2.31. The second-order valence-corrected chi connectivity index (χ2v) is 6.70. The summed E-state index contributed by atoms with van der Waals surface area (Å²) in [5.74, 6) is 0.142. The van der Waals surface area contributed by atoms with E-state index in [1.165, 1.54) is 11.1 Å². The Morgan fingerprint density at radius 1 is 1.17 bits per heavy atom. The minimum Gasteiger partial charge on any atom is -0.342 e. The van der Waals surface area contributed by atoms with Crippen molar-refractivity contribution >= 4 is 11.8 Å². The van der Waals surface area contributed by atoms with Gasteiger partial charge in [-0.15, -0.1) is 0 Å². The maximum Gasteiger partial charge on any atom is 0.228 e. The molecule has 1 saturated heterocycles. The van der Waals surface area contributed by atoms with Gasteiger partial charge in [0.15, 0.2) is 0 Å². The van der Waals surface area contributed by atoms with Gasteiger partial charge in [-0.1, -0.05) is 31.2 Å². The van der Waals surface area contributed by atoms with Gasteiger partial charge in [0.05, 0.1) is 5.92 Å². The van der Waals surface area contributed by atoms with E-state index in [0.717, 1.165) is 25.8 Å². The van der Waals surface area contributed by atoms with Crippen LogP contribution in [0.2, 0.25) is 0 Å². The van der Waals surface area contributed by atoms with Crippen LogP contribution >= 0.6 is 0 Å². The van der Waals surface area contributed by atoms with E-state index < -0.39 is 0 Å². The molecular weight excluding hydrogens is 288 g/mol. The number of hydrogen-bond acceptors (Lipinski definition) is 2. The molecule has 4 nitrogen and oxygen atoms in total. The summed E-state index contributed by atoms with van der Waals surface area (Å²) < 4.78 is 0. The first-order valence-corrected chi connectivity index (χ1v) is 8.79. The first-order chi connectivity index (χ1) is 11.1. The standard InChI is InChI=1S/C19H26N2O2/c1-3-9-21(17-10-14-7-5-6-8-15(14)11-17)19(23)16-12-18(22)20(4-2)13-16/h5-8,16-17H,3-4,9-13H2,1-2H3. The molecule has 1 fully saturated rings. The molecule has 124 valence electrons. The van der Waals surface area contributed by atoms with Gasteiger partial charge < -0.3 is 9.80 Å². The van der Waals surface area contributed by atoms with Gasteiger partial charge in [-0.2, -0.15) is 0 Å². The molecule has 1 atom stereocenters. The van der Waals surface area contributed by atoms with Crippen LogP contribution in [-0.2, 0) is 22.4 Å². The molecule has 0 aromatic heterocycles. The third-order valence-electron chi connectivity index (χ3n) is 5.16. The largest absolute Gasteiger partial charge is 0.342 e. The molecule has 1 aromatic rings. The molecular formula is C19H26N2O2. The van der Waals surface area contributed by atoms with E-state index in [1.54, 1.807) is 4.90 Å². The third kappa shape index (κ3) is 3.12. The topological polar surface area (TPSA) is 40.6 Å². The number of hydrogen-bond donors (Lipinski definition) is 0. The highest BCUT2D eigenvalue weighted by molar-refractivity contribution is 5.89. The van der Waals surface area contributed by atoms with Crippen molar-refractivity contribution in [3.8, 4) is 0 Å². The number of amides is 2. The fourth-order valence-electron chi connectivity index (χ4n) is 3.95. The Labute approximate surface area is 138 Å². The fourth-order valence-corrected chi connectivity index (χ4v) is 3.95. The van der Waals surface area contributed by atoms with Gasteiger partial charge in [-0.3, -0.25) is 9.59 Å². The SMILES string of the molecule is CCCN(C(=O)C1CC(=O)N(CC)C1)C1Cc2ccccc2C1. The molecule has 0 bridgehead atoms. The highest BCUT2D eigenvalue weighted by Crippen LogP contribution is 2.28. The molecule has 0 saturated carbocycles. The Morgan fingerprint density at radius 3 is 2.35 bits per heavy atom. The molecule has 2 amide bonds. The van der Waals surface area contributed by atoms with Crippen LogP contribution in [0, 0.1) is 5.92 Å². The molecule has 2 aliphatic rings. The second kappa shape index (κ2) is 6.73. The predicted molar refractivity (Wildman–Crippen MR) is 90.0 cm³/mol. The van der Waals surface area contributed by atoms with Crippen molar-refractivity contribution in [2.75, 3.05) is 19.6 Å². The number of rotatable bonds is 5. The van der Waals surface area contributed by atoms with E-state index in [0.29, 0.717) is 19.5 Å². The van der Waals surface area contributed by atoms with Gasteiger partial charge in [-0.05, 0) is 37.3 Å². The highest BCUT2D eigenvalue weighted by atomic mass is 16.2. The number of likely N-dealkylation sites (tertiary alicyclic amines) is 1. The molecule has 0 radical (unpaired) electrons. The van der Waals surface area contributed by atoms with Crippen molar-refractivity contribution in [2.24, 2.45) is 5.92 Å². The lowest BCUT2D eigenvalue weighted by molar-refractivity contribution is -0.138. The summed E-state index contributed by atoms with van der Waals surface area (Å²) in [6.45, 7) is 6.16. The summed E-state index contributed by atoms with van der Waals surface area (Å²) in [6.07, 6.45) is 3.23. The Bertz CT molecular complexity index is 574. The van der Waals surface area contributed by atoms with Gasteiger partial charge in [-0.25, -0.2) is 0 Å². The maximum absolute atomic E-state index is 13.0. The maximum atomic E-state index is 13.0. The monoisotopic (exact) mass is 314 g/mol. The van der Waals surface area contributed by atoms with E-state index in [9.17, 15) is 9.59 Å². The van der Waals surface area contributed by atoms with Crippen LogP contribution in [0.4, 0.5) is 0 Å². The van der Waals surface area contributed by atoms with Gasteiger partial charge >= 0.3 is 0 Å². The summed E-state index contributed by atoms with van der Waals surface area (Å²) >= 11 is 0. The van der Waals surface area contributed by atoms with Crippen molar-refractivity contribution in [3.05, 3.63) is 35.4 Å². The lowest BCUT2D eigenvalue weighted by atomic mass is 10.0. The van der Waals surface area contributed by atoms with E-state index in [2.05, 4.69) is 36.1 Å². The van der Waals surface area contributed by atoms with Crippen LogP contribution in [0.15, 0.2) is 24.3 Å². The molecule has 1 unspecified atom stereocenters. The van der Waals surface area contributed by atoms with E-state index in [4.69, 9.17) is 0 Å². The highest BCUT2D eigenvalue weighted by Gasteiger charge is 2.38. The van der Waals surface area contributed by atoms with Crippen molar-refractivity contribution in [1.82, 2.24) is 9.80 Å². The Morgan fingerprint density at radius 2 is 1.83 bits per heavy atom. The van der Waals surface area contributed by atoms with Crippen LogP contribution < -0.4 is 0 Å². The van der Waals surface area contributed by atoms with Gasteiger partial charge in [0.2, 0.25) is 11.8 Å². The number of carbonyl (C=O) groups excluding carboxylic acids is 2. The second-order valence-electron chi connectivity index (χ2n) is 6.70. The number of nitrogens with zero attached hydrogens (tertiary/aromatic N) is 2. The van der Waals surface area contributed by atoms with Crippen LogP contribution in [0.5, 0.6) is 0 Å². The van der Waals surface area contributed by atoms with Crippen LogP contribution in [0.3, 0.4) is 0 Å². The molecule has 23 heavy (non-hydrogen) atoms. The predicted octanol–water partition coefficient (Wildman–Crippen LogP) is 2.26. The van der Waals surface area contributed by atoms with Gasteiger partial charge in [0.1, 0.15) is 0 Å². The van der Waals surface area contributed by atoms with Crippen molar-refractivity contribution in [1.29, 1.82) is 0 Å². The zero-order valence-corrected chi connectivity index (χ0v) is 14.1. The van der Waals surface area contributed by atoms with Crippen molar-refractivity contribution < 1.29 is 9.59 Å². The zero-order chi connectivity index (χ0) is 16.4. The van der Waals surface area contributed by atoms with Crippen molar-refractivity contribution in [3.63, 3.8) is 0 Å². The number of carbonyl (C=O) groups is 2. The van der Waals surface area contributed by atoms with E-state index in [1.807, 2.05) is 6.92 Å². The first kappa shape index (κ1) is 16.0. The van der Waals surface area contributed by atoms with E-state index >= 15 is 0 Å². The summed E-state index contributed by atoms with van der Waals surface area (Å²) in [5.41, 5.74) is 2.73. The lowest BCUT2D eigenvalue weighted by Crippen LogP contribution is -2.45. The minimum atomic E-state index is -0.155. The normalized spacial score (nSPS) is 20.9. The Hall–Kier alpha value is -1.84. The quantitative estimate of drug-likeness (QED) is 0.836. The summed E-state index contributed by atoms with van der Waals surface area (Å²) in [7, 11) is 0. The summed E-state index contributed by atoms with van der Waals surface area (Å²) in [6, 6.07) is 8.73. The van der Waals surface area contributed by atoms with Crippen LogP contribution in [-0.4, -0.2) is 47.3 Å². The van der Waals surface area contributed by atoms with Crippen molar-refractivity contribution in [2.45, 2.75) is 45.6 Å². The molecule has 1 aliphatic carbocycles. The molecule has 0 spiro atoms. The summed E-state index contributed by atoms with van der Waals surface area (Å²) in [4.78, 5) is 28.8. The fraction of sp³-hybridized carbons (Fsp3) is 0.579. The number of fused-ring (bicyclic) bond motifs is 1. The Balaban J connectivity index is 1.73. The first-order valence-electron chi connectivity index (χ1n) is 8.79. The molecule has 1 aliphatic heterocycles. The van der Waals surface area contributed by atoms with Gasteiger partial charge in [0.25, 0.3) is 0 Å². The van der Waals surface area contributed by atoms with Gasteiger partial charge in [0, 0.05) is 32.1 Å².